The van der Waals surface area contributed by atoms with Gasteiger partial charge in [-0.25, -0.2) is 4.98 Å². The highest BCUT2D eigenvalue weighted by molar-refractivity contribution is 5.76. The zero-order valence-electron chi connectivity index (χ0n) is 16.1. The molecule has 1 fully saturated rings. The molecule has 2 aromatic heterocycles. The molecule has 0 bridgehead atoms. The summed E-state index contributed by atoms with van der Waals surface area (Å²) in [5.41, 5.74) is -0.0199. The molecule has 2 aromatic rings. The molecule has 0 N–H and O–H groups in total. The topological polar surface area (TPSA) is 97.4 Å². The number of nitrogens with zero attached hydrogens (tertiary/aromatic N) is 6. The van der Waals surface area contributed by atoms with Crippen molar-refractivity contribution in [1.29, 1.82) is 0 Å². The molecule has 27 heavy (non-hydrogen) atoms. The van der Waals surface area contributed by atoms with E-state index in [2.05, 4.69) is 26.9 Å². The quantitative estimate of drug-likeness (QED) is 0.739. The maximum absolute atomic E-state index is 12.8. The molecule has 9 nitrogen and oxygen atoms in total. The third-order valence-corrected chi connectivity index (χ3v) is 4.82. The van der Waals surface area contributed by atoms with Gasteiger partial charge in [0.2, 0.25) is 5.91 Å². The van der Waals surface area contributed by atoms with Gasteiger partial charge in [-0.05, 0) is 26.8 Å². The Hall–Kier alpha value is -2.55. The first-order valence-corrected chi connectivity index (χ1v) is 9.37. The second-order valence-electron chi connectivity index (χ2n) is 6.80. The fourth-order valence-corrected chi connectivity index (χ4v) is 3.29. The highest BCUT2D eigenvalue weighted by atomic mass is 16.5. The van der Waals surface area contributed by atoms with Gasteiger partial charge in [0.15, 0.2) is 5.82 Å². The Balaban J connectivity index is 1.66. The molecule has 1 amide bonds. The van der Waals surface area contributed by atoms with E-state index < -0.39 is 0 Å². The molecule has 0 aliphatic carbocycles. The Morgan fingerprint density at radius 1 is 1.19 bits per heavy atom. The van der Waals surface area contributed by atoms with Crippen molar-refractivity contribution in [2.75, 3.05) is 32.7 Å². The lowest BCUT2D eigenvalue weighted by molar-refractivity contribution is -0.133. The maximum atomic E-state index is 12.8. The predicted molar refractivity (Wildman–Crippen MR) is 99.2 cm³/mol. The number of carbonyl (C=O) groups excluding carboxylic acids is 1. The molecule has 3 heterocycles. The second-order valence-corrected chi connectivity index (χ2v) is 6.80. The van der Waals surface area contributed by atoms with Crippen LogP contribution in [0.5, 0.6) is 0 Å². The summed E-state index contributed by atoms with van der Waals surface area (Å²) < 4.78 is 6.58. The first kappa shape index (κ1) is 19.2. The minimum Gasteiger partial charge on any atom is -0.340 e. The zero-order chi connectivity index (χ0) is 19.4. The molecule has 1 aliphatic heterocycles. The van der Waals surface area contributed by atoms with Crippen molar-refractivity contribution in [3.8, 4) is 11.5 Å². The van der Waals surface area contributed by atoms with Crippen LogP contribution in [0.25, 0.3) is 11.5 Å². The Labute approximate surface area is 158 Å². The summed E-state index contributed by atoms with van der Waals surface area (Å²) in [5, 5.41) is 3.71. The van der Waals surface area contributed by atoms with Gasteiger partial charge in [0.05, 0.1) is 0 Å². The number of hydrogen-bond acceptors (Lipinski definition) is 7. The van der Waals surface area contributed by atoms with Gasteiger partial charge in [-0.3, -0.25) is 19.1 Å². The summed E-state index contributed by atoms with van der Waals surface area (Å²) in [6.45, 7) is 10.3. The standard InChI is InChI=1S/C18H26N6O3/c1-4-6-22-8-10-23(11-9-22)16(25)5-7-24-14(3)19-12-15(18(24)26)17-20-13(2)21-27-17/h12H,4-11H2,1-3H3. The zero-order valence-corrected chi connectivity index (χ0v) is 16.1. The van der Waals surface area contributed by atoms with Crippen LogP contribution in [-0.2, 0) is 11.3 Å². The normalized spacial score (nSPS) is 15.3. The number of rotatable bonds is 6. The van der Waals surface area contributed by atoms with Gasteiger partial charge in [0, 0.05) is 45.3 Å². The van der Waals surface area contributed by atoms with E-state index in [1.165, 1.54) is 10.8 Å². The third kappa shape index (κ3) is 4.41. The summed E-state index contributed by atoms with van der Waals surface area (Å²) in [5.74, 6) is 1.23. The molecule has 0 saturated carbocycles. The van der Waals surface area contributed by atoms with Crippen LogP contribution < -0.4 is 5.56 Å². The molecule has 1 aliphatic rings. The van der Waals surface area contributed by atoms with Crippen molar-refractivity contribution in [2.24, 2.45) is 0 Å². The largest absolute Gasteiger partial charge is 0.340 e. The van der Waals surface area contributed by atoms with E-state index in [1.807, 2.05) is 4.90 Å². The summed E-state index contributed by atoms with van der Waals surface area (Å²) >= 11 is 0. The second kappa shape index (κ2) is 8.43. The van der Waals surface area contributed by atoms with Crippen molar-refractivity contribution in [1.82, 2.24) is 29.5 Å². The average Bonchev–Trinajstić information content (AvgIpc) is 3.08. The minimum atomic E-state index is -0.272. The number of hydrogen-bond donors (Lipinski definition) is 0. The maximum Gasteiger partial charge on any atom is 0.266 e. The SMILES string of the molecule is CCCN1CCN(C(=O)CCn2c(C)ncc(-c3nc(C)no3)c2=O)CC1. The highest BCUT2D eigenvalue weighted by Gasteiger charge is 2.21. The molecule has 3 rings (SSSR count). The molecule has 0 unspecified atom stereocenters. The number of carbonyl (C=O) groups is 1. The molecular weight excluding hydrogens is 348 g/mol. The van der Waals surface area contributed by atoms with Gasteiger partial charge in [-0.1, -0.05) is 12.1 Å². The fourth-order valence-electron chi connectivity index (χ4n) is 3.29. The van der Waals surface area contributed by atoms with E-state index in [0.717, 1.165) is 39.1 Å². The fraction of sp³-hybridized carbons (Fsp3) is 0.611. The van der Waals surface area contributed by atoms with Gasteiger partial charge in [0.25, 0.3) is 11.4 Å². The molecule has 0 atom stereocenters. The summed E-state index contributed by atoms with van der Waals surface area (Å²) in [7, 11) is 0. The number of aromatic nitrogens is 4. The van der Waals surface area contributed by atoms with Crippen molar-refractivity contribution in [3.05, 3.63) is 28.2 Å². The molecule has 0 radical (unpaired) electrons. The van der Waals surface area contributed by atoms with Gasteiger partial charge >= 0.3 is 0 Å². The van der Waals surface area contributed by atoms with Crippen molar-refractivity contribution in [3.63, 3.8) is 0 Å². The van der Waals surface area contributed by atoms with Crippen molar-refractivity contribution < 1.29 is 9.32 Å². The minimum absolute atomic E-state index is 0.0662. The first-order chi connectivity index (χ1) is 13.0. The summed E-state index contributed by atoms with van der Waals surface area (Å²) in [4.78, 5) is 37.9. The Bertz CT molecular complexity index is 851. The van der Waals surface area contributed by atoms with Crippen molar-refractivity contribution in [2.45, 2.75) is 40.2 Å². The number of amides is 1. The lowest BCUT2D eigenvalue weighted by Gasteiger charge is -2.34. The average molecular weight is 374 g/mol. The van der Waals surface area contributed by atoms with E-state index in [4.69, 9.17) is 4.52 Å². The Morgan fingerprint density at radius 2 is 1.93 bits per heavy atom. The van der Waals surface area contributed by atoms with Gasteiger partial charge in [0.1, 0.15) is 11.4 Å². The summed E-state index contributed by atoms with van der Waals surface area (Å²) in [6.07, 6.45) is 2.83. The number of aryl methyl sites for hydroxylation is 2. The van der Waals surface area contributed by atoms with Crippen LogP contribution in [0, 0.1) is 13.8 Å². The third-order valence-electron chi connectivity index (χ3n) is 4.82. The lowest BCUT2D eigenvalue weighted by Crippen LogP contribution is -2.49. The van der Waals surface area contributed by atoms with Crippen LogP contribution in [0.15, 0.2) is 15.5 Å². The Morgan fingerprint density at radius 3 is 2.56 bits per heavy atom. The van der Waals surface area contributed by atoms with E-state index in [-0.39, 0.29) is 35.9 Å². The predicted octanol–water partition coefficient (Wildman–Crippen LogP) is 0.854. The van der Waals surface area contributed by atoms with Gasteiger partial charge < -0.3 is 9.42 Å². The molecule has 1 saturated heterocycles. The van der Waals surface area contributed by atoms with E-state index in [0.29, 0.717) is 11.6 Å². The van der Waals surface area contributed by atoms with E-state index in [9.17, 15) is 9.59 Å². The summed E-state index contributed by atoms with van der Waals surface area (Å²) in [6, 6.07) is 0. The van der Waals surface area contributed by atoms with E-state index in [1.54, 1.807) is 13.8 Å². The number of piperazine rings is 1. The van der Waals surface area contributed by atoms with Gasteiger partial charge in [-0.2, -0.15) is 4.98 Å². The van der Waals surface area contributed by atoms with Crippen LogP contribution >= 0.6 is 0 Å². The molecule has 9 heteroatoms. The van der Waals surface area contributed by atoms with Gasteiger partial charge in [-0.15, -0.1) is 0 Å². The monoisotopic (exact) mass is 374 g/mol. The molecular formula is C18H26N6O3. The van der Waals surface area contributed by atoms with Crippen LogP contribution in [0.4, 0.5) is 0 Å². The van der Waals surface area contributed by atoms with Crippen LogP contribution in [0.2, 0.25) is 0 Å². The lowest BCUT2D eigenvalue weighted by atomic mass is 10.2. The van der Waals surface area contributed by atoms with Crippen LogP contribution in [0.3, 0.4) is 0 Å². The van der Waals surface area contributed by atoms with Crippen molar-refractivity contribution >= 4 is 5.91 Å². The highest BCUT2D eigenvalue weighted by Crippen LogP contribution is 2.12. The Kier molecular flexibility index (Phi) is 6.00. The molecule has 146 valence electrons. The van der Waals surface area contributed by atoms with Crippen LogP contribution in [-0.4, -0.2) is 68.1 Å². The van der Waals surface area contributed by atoms with E-state index >= 15 is 0 Å². The smallest absolute Gasteiger partial charge is 0.266 e. The molecule has 0 spiro atoms. The first-order valence-electron chi connectivity index (χ1n) is 9.37. The molecule has 0 aromatic carbocycles. The van der Waals surface area contributed by atoms with Crippen LogP contribution in [0.1, 0.15) is 31.4 Å².